The van der Waals surface area contributed by atoms with Crippen molar-refractivity contribution in [1.29, 1.82) is 4.78 Å². The summed E-state index contributed by atoms with van der Waals surface area (Å²) in [6, 6.07) is 3.07. The van der Waals surface area contributed by atoms with Crippen LogP contribution >= 0.6 is 0 Å². The van der Waals surface area contributed by atoms with Gasteiger partial charge in [-0.2, -0.15) is 0 Å². The molecule has 0 aliphatic carbocycles. The van der Waals surface area contributed by atoms with E-state index in [1.54, 1.807) is 13.0 Å². The van der Waals surface area contributed by atoms with Crippen molar-refractivity contribution in [2.75, 3.05) is 0 Å². The van der Waals surface area contributed by atoms with Crippen molar-refractivity contribution in [1.82, 2.24) is 0 Å². The van der Waals surface area contributed by atoms with Crippen LogP contribution in [0.1, 0.15) is 5.76 Å². The highest BCUT2D eigenvalue weighted by Gasteiger charge is 2.06. The molecule has 56 valence electrons. The molecule has 0 saturated carbocycles. The van der Waals surface area contributed by atoms with E-state index in [0.29, 0.717) is 5.76 Å². The van der Waals surface area contributed by atoms with Gasteiger partial charge in [0, 0.05) is 0 Å². The smallest absolute Gasteiger partial charge is 0.213 e. The van der Waals surface area contributed by atoms with Gasteiger partial charge in [-0.3, -0.25) is 0 Å². The molecule has 1 unspecified atom stereocenters. The normalized spacial score (nSPS) is 16.6. The van der Waals surface area contributed by atoms with Crippen molar-refractivity contribution in [3.05, 3.63) is 17.9 Å². The highest BCUT2D eigenvalue weighted by molar-refractivity contribution is 7.90. The van der Waals surface area contributed by atoms with Gasteiger partial charge in [0.25, 0.3) is 0 Å². The molecular weight excluding hydrogens is 152 g/mol. The maximum absolute atomic E-state index is 10.8. The molecule has 0 bridgehead atoms. The van der Waals surface area contributed by atoms with Crippen LogP contribution in [0.25, 0.3) is 0 Å². The largest absolute Gasteiger partial charge is 0.450 e. The lowest BCUT2D eigenvalue weighted by atomic mass is 10.5. The molecule has 0 amide bonds. The number of furan rings is 1. The molecule has 5 heteroatoms. The number of nitrogens with one attached hydrogen (secondary N) is 1. The Labute approximate surface area is 59.1 Å². The highest BCUT2D eigenvalue weighted by Crippen LogP contribution is 2.10. The standard InChI is InChI=1S/C5H8N2O2S/c1-4-2-3-5(9-4)10(6,7)8/h2-3H,1H3,(H3,6,7,8). The number of nitrogens with two attached hydrogens (primary N) is 1. The molecule has 0 saturated heterocycles. The van der Waals surface area contributed by atoms with Gasteiger partial charge in [0.2, 0.25) is 5.09 Å². The van der Waals surface area contributed by atoms with E-state index in [0.717, 1.165) is 0 Å². The van der Waals surface area contributed by atoms with Gasteiger partial charge in [-0.05, 0) is 19.1 Å². The van der Waals surface area contributed by atoms with Gasteiger partial charge in [0.05, 0.1) is 0 Å². The molecule has 1 atom stereocenters. The van der Waals surface area contributed by atoms with Gasteiger partial charge in [-0.25, -0.2) is 14.1 Å². The van der Waals surface area contributed by atoms with E-state index in [1.807, 2.05) is 0 Å². The van der Waals surface area contributed by atoms with Crippen LogP contribution in [0, 0.1) is 11.7 Å². The van der Waals surface area contributed by atoms with Crippen molar-refractivity contribution >= 4 is 9.92 Å². The number of hydrogen-bond donors (Lipinski definition) is 2. The quantitative estimate of drug-likeness (QED) is 0.639. The summed E-state index contributed by atoms with van der Waals surface area (Å²) in [6.07, 6.45) is 0. The van der Waals surface area contributed by atoms with E-state index < -0.39 is 9.92 Å². The summed E-state index contributed by atoms with van der Waals surface area (Å²) < 4.78 is 22.5. The van der Waals surface area contributed by atoms with Gasteiger partial charge in [0.15, 0.2) is 9.92 Å². The van der Waals surface area contributed by atoms with E-state index in [4.69, 9.17) is 14.3 Å². The predicted molar refractivity (Wildman–Crippen MR) is 36.8 cm³/mol. The average molecular weight is 160 g/mol. The molecule has 0 fully saturated rings. The zero-order valence-electron chi connectivity index (χ0n) is 5.46. The SMILES string of the molecule is Cc1ccc(S(=N)(N)=O)o1. The molecule has 0 radical (unpaired) electrons. The molecule has 0 spiro atoms. The van der Waals surface area contributed by atoms with Crippen LogP contribution in [0.2, 0.25) is 0 Å². The van der Waals surface area contributed by atoms with Crippen LogP contribution in [0.4, 0.5) is 0 Å². The van der Waals surface area contributed by atoms with Gasteiger partial charge in [-0.1, -0.05) is 0 Å². The third kappa shape index (κ3) is 1.37. The Hall–Kier alpha value is -0.810. The number of aryl methyl sites for hydroxylation is 1. The van der Waals surface area contributed by atoms with Crippen molar-refractivity contribution in [3.8, 4) is 0 Å². The van der Waals surface area contributed by atoms with Gasteiger partial charge in [-0.15, -0.1) is 0 Å². The monoisotopic (exact) mass is 160 g/mol. The molecule has 1 rings (SSSR count). The maximum atomic E-state index is 10.8. The van der Waals surface area contributed by atoms with Crippen molar-refractivity contribution in [3.63, 3.8) is 0 Å². The Kier molecular flexibility index (Phi) is 1.53. The zero-order chi connectivity index (χ0) is 7.78. The van der Waals surface area contributed by atoms with Crippen LogP contribution in [0.5, 0.6) is 0 Å². The van der Waals surface area contributed by atoms with Crippen LogP contribution < -0.4 is 5.14 Å². The number of rotatable bonds is 1. The Morgan fingerprint density at radius 1 is 1.70 bits per heavy atom. The Balaban J connectivity index is 3.21. The van der Waals surface area contributed by atoms with Gasteiger partial charge < -0.3 is 4.42 Å². The molecule has 1 aromatic heterocycles. The summed E-state index contributed by atoms with van der Waals surface area (Å²) in [7, 11) is -3.15. The molecule has 1 aromatic rings. The molecule has 1 heterocycles. The van der Waals surface area contributed by atoms with Crippen molar-refractivity contribution in [2.24, 2.45) is 5.14 Å². The minimum Gasteiger partial charge on any atom is -0.450 e. The summed E-state index contributed by atoms with van der Waals surface area (Å²) in [6.45, 7) is 1.70. The maximum Gasteiger partial charge on any atom is 0.213 e. The Morgan fingerprint density at radius 2 is 2.30 bits per heavy atom. The fourth-order valence-corrected chi connectivity index (χ4v) is 1.10. The number of hydrogen-bond acceptors (Lipinski definition) is 3. The minimum atomic E-state index is -3.15. The highest BCUT2D eigenvalue weighted by atomic mass is 32.2. The third-order valence-corrected chi connectivity index (χ3v) is 1.83. The summed E-state index contributed by atoms with van der Waals surface area (Å²) in [5, 5.41) is 5.00. The molecule has 0 aliphatic heterocycles. The van der Waals surface area contributed by atoms with E-state index in [9.17, 15) is 4.21 Å². The first-order chi connectivity index (χ1) is 4.50. The Bertz CT molecular complexity index is 325. The zero-order valence-corrected chi connectivity index (χ0v) is 6.27. The summed E-state index contributed by atoms with van der Waals surface area (Å²) in [4.78, 5) is 0. The molecule has 3 N–H and O–H groups in total. The summed E-state index contributed by atoms with van der Waals surface area (Å²) in [5.74, 6) is 0.612. The second kappa shape index (κ2) is 2.10. The first-order valence-electron chi connectivity index (χ1n) is 2.63. The summed E-state index contributed by atoms with van der Waals surface area (Å²) in [5.41, 5.74) is 0. The van der Waals surface area contributed by atoms with Crippen LogP contribution in [-0.2, 0) is 9.92 Å². The van der Waals surface area contributed by atoms with Crippen molar-refractivity contribution in [2.45, 2.75) is 12.0 Å². The van der Waals surface area contributed by atoms with E-state index in [2.05, 4.69) is 0 Å². The first-order valence-corrected chi connectivity index (χ1v) is 4.25. The predicted octanol–water partition coefficient (Wildman–Crippen LogP) is 0.867. The molecule has 0 aliphatic rings. The lowest BCUT2D eigenvalue weighted by Crippen LogP contribution is -2.08. The van der Waals surface area contributed by atoms with E-state index >= 15 is 0 Å². The van der Waals surface area contributed by atoms with Crippen LogP contribution in [-0.4, -0.2) is 4.21 Å². The molecule has 10 heavy (non-hydrogen) atoms. The molecular formula is C5H8N2O2S. The lowest BCUT2D eigenvalue weighted by Gasteiger charge is -1.91. The molecule has 0 aromatic carbocycles. The summed E-state index contributed by atoms with van der Waals surface area (Å²) >= 11 is 0. The minimum absolute atomic E-state index is 0.0324. The van der Waals surface area contributed by atoms with E-state index in [-0.39, 0.29) is 5.09 Å². The second-order valence-electron chi connectivity index (χ2n) is 1.97. The fraction of sp³-hybridized carbons (Fsp3) is 0.200. The third-order valence-electron chi connectivity index (χ3n) is 1.01. The van der Waals surface area contributed by atoms with Gasteiger partial charge >= 0.3 is 0 Å². The fourth-order valence-electron chi connectivity index (χ4n) is 0.575. The topological polar surface area (TPSA) is 80.1 Å². The molecule has 4 nitrogen and oxygen atoms in total. The van der Waals surface area contributed by atoms with Gasteiger partial charge in [0.1, 0.15) is 5.76 Å². The van der Waals surface area contributed by atoms with Crippen LogP contribution in [0.3, 0.4) is 0 Å². The van der Waals surface area contributed by atoms with E-state index in [1.165, 1.54) is 6.07 Å². The Morgan fingerprint density at radius 3 is 2.50 bits per heavy atom. The first kappa shape index (κ1) is 7.30. The average Bonchev–Trinajstić information content (AvgIpc) is 2.11. The second-order valence-corrected chi connectivity index (χ2v) is 3.57. The lowest BCUT2D eigenvalue weighted by molar-refractivity contribution is 0.438. The van der Waals surface area contributed by atoms with Crippen molar-refractivity contribution < 1.29 is 8.63 Å². The van der Waals surface area contributed by atoms with Crippen LogP contribution in [0.15, 0.2) is 21.6 Å².